The second-order valence-corrected chi connectivity index (χ2v) is 6.15. The summed E-state index contributed by atoms with van der Waals surface area (Å²) in [6, 6.07) is 7.59. The number of benzene rings is 1. The fourth-order valence-corrected chi connectivity index (χ4v) is 3.24. The molecule has 1 aliphatic rings. The molecule has 7 nitrogen and oxygen atoms in total. The molecule has 0 atom stereocenters. The molecule has 2 N–H and O–H groups in total. The van der Waals surface area contributed by atoms with Crippen LogP contribution in [0, 0.1) is 0 Å². The molecular formula is C17H20N6O. The van der Waals surface area contributed by atoms with Crippen LogP contribution in [0.25, 0.3) is 11.0 Å². The number of carbonyl (C=O) groups is 1. The van der Waals surface area contributed by atoms with Gasteiger partial charge in [-0.15, -0.1) is 0 Å². The summed E-state index contributed by atoms with van der Waals surface area (Å²) in [6.07, 6.45) is 5.40. The third-order valence-electron chi connectivity index (χ3n) is 4.44. The average Bonchev–Trinajstić information content (AvgIpc) is 3.18. The van der Waals surface area contributed by atoms with Gasteiger partial charge in [-0.2, -0.15) is 20.1 Å². The number of hydrogen-bond acceptors (Lipinski definition) is 4. The van der Waals surface area contributed by atoms with Crippen LogP contribution in [0.5, 0.6) is 0 Å². The Kier molecular flexibility index (Phi) is 3.98. The van der Waals surface area contributed by atoms with E-state index in [1.54, 1.807) is 0 Å². The van der Waals surface area contributed by atoms with Gasteiger partial charge in [0, 0.05) is 18.7 Å². The predicted octanol–water partition coefficient (Wildman–Crippen LogP) is 1.39. The number of hydrogen-bond donors (Lipinski definition) is 2. The van der Waals surface area contributed by atoms with Crippen molar-refractivity contribution in [1.29, 1.82) is 0 Å². The zero-order valence-corrected chi connectivity index (χ0v) is 13.5. The van der Waals surface area contributed by atoms with Crippen molar-refractivity contribution in [1.82, 2.24) is 30.5 Å². The molecule has 2 heterocycles. The molecule has 2 aromatic heterocycles. The first-order valence-electron chi connectivity index (χ1n) is 8.41. The van der Waals surface area contributed by atoms with Gasteiger partial charge >= 0.3 is 0 Å². The highest BCUT2D eigenvalue weighted by atomic mass is 16.2. The third-order valence-corrected chi connectivity index (χ3v) is 4.44. The van der Waals surface area contributed by atoms with Crippen molar-refractivity contribution in [3.8, 4) is 0 Å². The van der Waals surface area contributed by atoms with Crippen LogP contribution in [0.1, 0.15) is 29.8 Å². The zero-order valence-electron chi connectivity index (χ0n) is 13.5. The molecule has 4 rings (SSSR count). The Bertz CT molecular complexity index is 832. The summed E-state index contributed by atoms with van der Waals surface area (Å²) in [5.74, 6) is -0.0836. The van der Waals surface area contributed by atoms with Gasteiger partial charge in [0.15, 0.2) is 0 Å². The summed E-state index contributed by atoms with van der Waals surface area (Å²) in [5, 5.41) is 19.1. The van der Waals surface area contributed by atoms with Crippen LogP contribution in [-0.2, 0) is 30.6 Å². The molecule has 0 saturated heterocycles. The van der Waals surface area contributed by atoms with Crippen molar-refractivity contribution in [2.24, 2.45) is 0 Å². The molecule has 124 valence electrons. The van der Waals surface area contributed by atoms with E-state index >= 15 is 0 Å². The van der Waals surface area contributed by atoms with Gasteiger partial charge in [0.1, 0.15) is 17.6 Å². The first-order valence-corrected chi connectivity index (χ1v) is 8.41. The maximum atomic E-state index is 12.1. The molecule has 0 unspecified atom stereocenters. The molecule has 1 aromatic carbocycles. The Morgan fingerprint density at radius 1 is 1.17 bits per heavy atom. The quantitative estimate of drug-likeness (QED) is 0.742. The molecule has 7 heteroatoms. The fourth-order valence-electron chi connectivity index (χ4n) is 3.24. The van der Waals surface area contributed by atoms with E-state index in [0.29, 0.717) is 6.54 Å². The van der Waals surface area contributed by atoms with E-state index in [1.807, 2.05) is 24.3 Å². The number of amides is 1. The minimum Gasteiger partial charge on any atom is -0.354 e. The van der Waals surface area contributed by atoms with E-state index in [0.717, 1.165) is 36.0 Å². The highest BCUT2D eigenvalue weighted by Gasteiger charge is 2.16. The zero-order chi connectivity index (χ0) is 16.4. The van der Waals surface area contributed by atoms with Gasteiger partial charge in [-0.05, 0) is 43.4 Å². The lowest BCUT2D eigenvalue weighted by atomic mass is 9.95. The number of nitrogens with zero attached hydrogens (tertiary/aromatic N) is 4. The minimum atomic E-state index is -0.0836. The maximum Gasteiger partial charge on any atom is 0.243 e. The number of aromatic amines is 1. The number of carbonyl (C=O) groups excluding carboxylic acids is 1. The summed E-state index contributed by atoms with van der Waals surface area (Å²) >= 11 is 0. The van der Waals surface area contributed by atoms with Crippen LogP contribution in [0.15, 0.2) is 24.3 Å². The van der Waals surface area contributed by atoms with Gasteiger partial charge in [0.05, 0.1) is 5.69 Å². The maximum absolute atomic E-state index is 12.1. The van der Waals surface area contributed by atoms with E-state index in [9.17, 15) is 4.79 Å². The Labute approximate surface area is 139 Å². The van der Waals surface area contributed by atoms with Crippen molar-refractivity contribution in [2.75, 3.05) is 6.54 Å². The van der Waals surface area contributed by atoms with Crippen LogP contribution >= 0.6 is 0 Å². The molecule has 24 heavy (non-hydrogen) atoms. The van der Waals surface area contributed by atoms with E-state index in [2.05, 4.69) is 25.7 Å². The lowest BCUT2D eigenvalue weighted by molar-refractivity contribution is -0.122. The molecular weight excluding hydrogens is 304 g/mol. The fraction of sp³-hybridized carbons (Fsp3) is 0.412. The van der Waals surface area contributed by atoms with Gasteiger partial charge in [0.25, 0.3) is 0 Å². The number of fused-ring (bicyclic) bond motifs is 2. The Balaban J connectivity index is 1.31. The van der Waals surface area contributed by atoms with Gasteiger partial charge in [-0.1, -0.05) is 12.1 Å². The van der Waals surface area contributed by atoms with E-state index in [4.69, 9.17) is 0 Å². The smallest absolute Gasteiger partial charge is 0.243 e. The summed E-state index contributed by atoms with van der Waals surface area (Å²) in [7, 11) is 0. The molecule has 0 spiro atoms. The SMILES string of the molecule is O=C(Cn1nc2ccccc2n1)NCCc1n[nH]c2c1CCCC2. The molecule has 0 fully saturated rings. The largest absolute Gasteiger partial charge is 0.354 e. The average molecular weight is 324 g/mol. The Hall–Kier alpha value is -2.70. The number of H-pyrrole nitrogens is 1. The number of aryl methyl sites for hydroxylation is 1. The first-order chi connectivity index (χ1) is 11.8. The Morgan fingerprint density at radius 3 is 2.71 bits per heavy atom. The second kappa shape index (κ2) is 6.43. The summed E-state index contributed by atoms with van der Waals surface area (Å²) in [4.78, 5) is 13.5. The minimum absolute atomic E-state index is 0.0836. The molecule has 0 radical (unpaired) electrons. The molecule has 1 aliphatic carbocycles. The van der Waals surface area contributed by atoms with Gasteiger partial charge in [0.2, 0.25) is 5.91 Å². The first kappa shape index (κ1) is 14.9. The number of rotatable bonds is 5. The highest BCUT2D eigenvalue weighted by molar-refractivity contribution is 5.77. The summed E-state index contributed by atoms with van der Waals surface area (Å²) in [6.45, 7) is 0.713. The summed E-state index contributed by atoms with van der Waals surface area (Å²) in [5.41, 5.74) is 5.32. The molecule has 0 saturated carbocycles. The third kappa shape index (κ3) is 3.02. The van der Waals surface area contributed by atoms with Crippen molar-refractivity contribution in [2.45, 2.75) is 38.6 Å². The lowest BCUT2D eigenvalue weighted by Gasteiger charge is -2.11. The van der Waals surface area contributed by atoms with Crippen molar-refractivity contribution >= 4 is 16.9 Å². The van der Waals surface area contributed by atoms with E-state index in [1.165, 1.54) is 28.9 Å². The molecule has 0 aliphatic heterocycles. The van der Waals surface area contributed by atoms with Crippen LogP contribution in [0.4, 0.5) is 0 Å². The van der Waals surface area contributed by atoms with Crippen molar-refractivity contribution in [3.63, 3.8) is 0 Å². The van der Waals surface area contributed by atoms with Crippen molar-refractivity contribution in [3.05, 3.63) is 41.2 Å². The van der Waals surface area contributed by atoms with Crippen LogP contribution in [-0.4, -0.2) is 37.6 Å². The topological polar surface area (TPSA) is 88.5 Å². The second-order valence-electron chi connectivity index (χ2n) is 6.15. The van der Waals surface area contributed by atoms with Crippen LogP contribution in [0.3, 0.4) is 0 Å². The number of nitrogens with one attached hydrogen (secondary N) is 2. The Morgan fingerprint density at radius 2 is 1.92 bits per heavy atom. The van der Waals surface area contributed by atoms with Crippen LogP contribution < -0.4 is 5.32 Å². The monoisotopic (exact) mass is 324 g/mol. The summed E-state index contributed by atoms with van der Waals surface area (Å²) < 4.78 is 0. The highest BCUT2D eigenvalue weighted by Crippen LogP contribution is 2.22. The molecule has 0 bridgehead atoms. The van der Waals surface area contributed by atoms with Gasteiger partial charge in [-0.3, -0.25) is 9.89 Å². The van der Waals surface area contributed by atoms with Gasteiger partial charge < -0.3 is 5.32 Å². The normalized spacial score (nSPS) is 13.8. The predicted molar refractivity (Wildman–Crippen MR) is 89.5 cm³/mol. The van der Waals surface area contributed by atoms with Crippen LogP contribution in [0.2, 0.25) is 0 Å². The van der Waals surface area contributed by atoms with Gasteiger partial charge in [-0.25, -0.2) is 0 Å². The van der Waals surface area contributed by atoms with E-state index in [-0.39, 0.29) is 12.5 Å². The van der Waals surface area contributed by atoms with E-state index < -0.39 is 0 Å². The van der Waals surface area contributed by atoms with Crippen molar-refractivity contribution < 1.29 is 4.79 Å². The standard InChI is InChI=1S/C17H20N6O/c24-17(11-23-21-15-7-3-4-8-16(15)22-23)18-10-9-14-12-5-1-2-6-13(12)19-20-14/h3-4,7-8H,1-2,5-6,9-11H2,(H,18,24)(H,19,20). The lowest BCUT2D eigenvalue weighted by Crippen LogP contribution is -2.30. The molecule has 3 aromatic rings. The number of aromatic nitrogens is 5. The molecule has 1 amide bonds.